The van der Waals surface area contributed by atoms with Crippen LogP contribution in [0.2, 0.25) is 32.0 Å². The predicted octanol–water partition coefficient (Wildman–Crippen LogP) is 1.65. The van der Waals surface area contributed by atoms with Gasteiger partial charge in [0, 0.05) is 28.4 Å². The topological polar surface area (TPSA) is 140 Å². The van der Waals surface area contributed by atoms with E-state index in [9.17, 15) is 4.80 Å². The monoisotopic (exact) mass is 670 g/mol. The van der Waals surface area contributed by atoms with Crippen molar-refractivity contribution >= 4 is 31.9 Å². The van der Waals surface area contributed by atoms with Gasteiger partial charge in [0.25, 0.3) is 0 Å². The summed E-state index contributed by atoms with van der Waals surface area (Å²) in [5.74, 6) is 1.89. The molecule has 0 aromatic carbocycles. The second kappa shape index (κ2) is 69.7. The van der Waals surface area contributed by atoms with Gasteiger partial charge in [0.15, 0.2) is 0 Å². The molecule has 0 amide bonds. The third kappa shape index (κ3) is 258. The fraction of sp³-hybridized carbons (Fsp3) is 0.600. The van der Waals surface area contributed by atoms with E-state index in [4.69, 9.17) is 32.2 Å². The fourth-order valence-electron chi connectivity index (χ4n) is 0.454. The van der Waals surface area contributed by atoms with Crippen molar-refractivity contribution in [1.29, 1.82) is 0 Å². The maximum Gasteiger partial charge on any atom is 2.00 e. The quantitative estimate of drug-likeness (QED) is 0.197. The SMILES string of the molecule is CO.CO.CO.C[O][Al]([CH3])[O][Si](C)(C)O.C[Si](C)(O)O.[CH3-].[CH3-].[CH3-].[CH3-].[CH3-].[CH3-].[Ti+2].[Zr+2].[Zr+2]. The van der Waals surface area contributed by atoms with Gasteiger partial charge in [-0.2, -0.15) is 0 Å². The van der Waals surface area contributed by atoms with Crippen LogP contribution < -0.4 is 0 Å². The van der Waals surface area contributed by atoms with Gasteiger partial charge in [-0.3, -0.25) is 0 Å². The zero-order chi connectivity index (χ0) is 18.0. The molecular weight excluding hydrogens is 622 g/mol. The average Bonchev–Trinajstić information content (AvgIpc) is 2.32. The first-order chi connectivity index (χ1) is 8.95. The Morgan fingerprint density at radius 1 is 0.621 bits per heavy atom. The minimum Gasteiger partial charge on any atom is -0.503 e. The van der Waals surface area contributed by atoms with Crippen molar-refractivity contribution < 1.29 is 111 Å². The number of aliphatic hydroxyl groups is 3. The van der Waals surface area contributed by atoms with Crippen LogP contribution in [0.3, 0.4) is 0 Å². The Hall–Kier alpha value is 3.13. The second-order valence-corrected chi connectivity index (χ2v) is 12.3. The van der Waals surface area contributed by atoms with E-state index in [1.54, 1.807) is 20.2 Å². The largest absolute Gasteiger partial charge is 2.00 e. The molecule has 0 rings (SSSR count). The van der Waals surface area contributed by atoms with Crippen LogP contribution in [0.4, 0.5) is 0 Å². The number of hydrogen-bond donors (Lipinski definition) is 6. The first-order valence-electron chi connectivity index (χ1n) is 5.67. The molecule has 0 aliphatic heterocycles. The zero-order valence-corrected chi connectivity index (χ0v) is 31.2. The maximum absolute atomic E-state index is 9.19. The minimum atomic E-state index is -2.61. The van der Waals surface area contributed by atoms with Crippen LogP contribution in [0, 0.1) is 44.6 Å². The van der Waals surface area contributed by atoms with Crippen molar-refractivity contribution in [1.82, 2.24) is 0 Å². The Morgan fingerprint density at radius 3 is 0.793 bits per heavy atom. The van der Waals surface area contributed by atoms with Crippen LogP contribution in [-0.4, -0.2) is 90.1 Å². The van der Waals surface area contributed by atoms with Gasteiger partial charge >= 0.3 is 106 Å². The van der Waals surface area contributed by atoms with Crippen molar-refractivity contribution in [2.75, 3.05) is 28.4 Å². The molecule has 0 fully saturated rings. The molecule has 0 bridgehead atoms. The van der Waals surface area contributed by atoms with Crippen LogP contribution in [0.1, 0.15) is 0 Å². The summed E-state index contributed by atoms with van der Waals surface area (Å²) >= 11 is -1.49. The zero-order valence-electron chi connectivity index (χ0n) is 21.6. The predicted molar refractivity (Wildman–Crippen MR) is 124 cm³/mol. The molecule has 0 radical (unpaired) electrons. The van der Waals surface area contributed by atoms with Crippen molar-refractivity contribution in [3.63, 3.8) is 0 Å². The Labute approximate surface area is 245 Å². The van der Waals surface area contributed by atoms with E-state index in [0.717, 1.165) is 21.3 Å². The van der Waals surface area contributed by atoms with E-state index in [-0.39, 0.29) is 119 Å². The maximum atomic E-state index is 9.19. The molecule has 182 valence electrons. The first-order valence-corrected chi connectivity index (χ1v) is 13.5. The molecule has 0 saturated carbocycles. The van der Waals surface area contributed by atoms with Crippen molar-refractivity contribution in [2.45, 2.75) is 32.0 Å². The molecule has 0 aliphatic rings. The van der Waals surface area contributed by atoms with E-state index >= 15 is 0 Å². The summed E-state index contributed by atoms with van der Waals surface area (Å²) in [5.41, 5.74) is 0. The van der Waals surface area contributed by atoms with Gasteiger partial charge in [-0.1, -0.05) is 5.79 Å². The smallest absolute Gasteiger partial charge is 0.503 e. The van der Waals surface area contributed by atoms with Gasteiger partial charge in [-0.15, -0.1) is 0 Å². The van der Waals surface area contributed by atoms with E-state index < -0.39 is 31.9 Å². The Morgan fingerprint density at radius 2 is 0.759 bits per heavy atom. The molecule has 0 aliphatic carbocycles. The van der Waals surface area contributed by atoms with Crippen molar-refractivity contribution in [3.8, 4) is 0 Å². The van der Waals surface area contributed by atoms with Gasteiger partial charge in [0.2, 0.25) is 0 Å². The minimum absolute atomic E-state index is 0. The summed E-state index contributed by atoms with van der Waals surface area (Å²) < 4.78 is 10.1. The Bertz CT molecular complexity index is 168. The van der Waals surface area contributed by atoms with Crippen molar-refractivity contribution in [2.24, 2.45) is 0 Å². The molecule has 0 saturated heterocycles. The van der Waals surface area contributed by atoms with Crippen LogP contribution in [0.15, 0.2) is 0 Å². The molecule has 0 unspecified atom stereocenters. The van der Waals surface area contributed by atoms with E-state index in [0.29, 0.717) is 0 Å². The molecule has 0 spiro atoms. The molecule has 0 atom stereocenters. The van der Waals surface area contributed by atoms with E-state index in [2.05, 4.69) is 0 Å². The fourth-order valence-corrected chi connectivity index (χ4v) is 4.09. The molecule has 6 N–H and O–H groups in total. The third-order valence-corrected chi connectivity index (χ3v) is 5.09. The number of rotatable bonds is 3. The van der Waals surface area contributed by atoms with Gasteiger partial charge in [-0.05, 0) is 26.2 Å². The summed E-state index contributed by atoms with van der Waals surface area (Å²) in [6.45, 7) is 6.34. The van der Waals surface area contributed by atoms with Crippen LogP contribution in [0.5, 0.6) is 0 Å². The summed E-state index contributed by atoms with van der Waals surface area (Å²) in [6, 6.07) is 0. The molecule has 14 heteroatoms. The Balaban J connectivity index is -0.00000000847. The first kappa shape index (κ1) is 94.7. The van der Waals surface area contributed by atoms with Crippen LogP contribution in [0.25, 0.3) is 0 Å². The normalized spacial score (nSPS) is 6.31. The summed E-state index contributed by atoms with van der Waals surface area (Å²) in [4.78, 5) is 25.6. The second-order valence-electron chi connectivity index (χ2n) is 3.86. The van der Waals surface area contributed by atoms with Crippen molar-refractivity contribution in [3.05, 3.63) is 44.6 Å². The molecular formula is C15H51AlO8Si2TiZr2. The molecule has 8 nitrogen and oxygen atoms in total. The van der Waals surface area contributed by atoms with Crippen LogP contribution in [-0.2, 0) is 81.4 Å². The Kier molecular flexibility index (Phi) is 228. The summed E-state index contributed by atoms with van der Waals surface area (Å²) in [7, 11) is -0.307. The molecule has 0 aromatic heterocycles. The molecule has 29 heavy (non-hydrogen) atoms. The number of aliphatic hydroxyl groups excluding tert-OH is 3. The van der Waals surface area contributed by atoms with E-state index in [1.165, 1.54) is 13.1 Å². The molecule has 0 heterocycles. The van der Waals surface area contributed by atoms with Gasteiger partial charge in [-0.25, -0.2) is 0 Å². The average molecular weight is 673 g/mol. The molecule has 0 aromatic rings. The third-order valence-electron chi connectivity index (χ3n) is 0.786. The van der Waals surface area contributed by atoms with Gasteiger partial charge in [0.1, 0.15) is 0 Å². The van der Waals surface area contributed by atoms with Gasteiger partial charge < -0.3 is 81.5 Å². The number of hydrogen-bond acceptors (Lipinski definition) is 8. The standard InChI is InChI=1S/C2H8O2Si.C2H7O2Si.3CH4O.CH3O.7CH3.Al.Ti.2Zr/c2*1-5(2,3)4;4*1-2;;;;;;;;;;;/h3-4H,1-2H3;3H,1-2H3;3*2H,1H3;1H3;7*1H3;;;;/q;-1;;;;-1;;6*-1;4*+2. The summed E-state index contributed by atoms with van der Waals surface area (Å²) in [5, 5.41) is 21.0. The van der Waals surface area contributed by atoms with Gasteiger partial charge in [0.05, 0.1) is 0 Å². The van der Waals surface area contributed by atoms with Crippen LogP contribution >= 0.6 is 0 Å². The summed E-state index contributed by atoms with van der Waals surface area (Å²) in [6.07, 6.45) is 0. The van der Waals surface area contributed by atoms with E-state index in [1.807, 2.05) is 5.79 Å².